The molecule has 2 amide bonds. The molecule has 6 nitrogen and oxygen atoms in total. The Morgan fingerprint density at radius 3 is 2.09 bits per heavy atom. The molecule has 0 saturated carbocycles. The number of urea groups is 1. The molecular formula is C24H20F4N2O4. The van der Waals surface area contributed by atoms with Gasteiger partial charge in [-0.15, -0.1) is 0 Å². The molecule has 0 bridgehead atoms. The number of rotatable bonds is 8. The Bertz CT molecular complexity index is 1120. The van der Waals surface area contributed by atoms with Gasteiger partial charge < -0.3 is 20.5 Å². The predicted molar refractivity (Wildman–Crippen MR) is 116 cm³/mol. The number of ether oxygens (including phenoxy) is 1. The minimum Gasteiger partial charge on any atom is -0.486 e. The van der Waals surface area contributed by atoms with Gasteiger partial charge in [0.05, 0.1) is 11.1 Å². The highest BCUT2D eigenvalue weighted by Crippen LogP contribution is 2.30. The molecule has 3 aromatic rings. The van der Waals surface area contributed by atoms with Gasteiger partial charge in [0, 0.05) is 18.7 Å². The standard InChI is InChI=1S/C24H20F4N2O4/c25-18-7-1-15(2-8-18)21(34-20-11-3-16(4-12-20)22(31)32)13-14-29-23(33)30-19-9-5-17(6-10-19)24(26,27)28/h1-12,21H,13-14H2,(H,31,32)(H2,29,30,33). The van der Waals surface area contributed by atoms with Gasteiger partial charge in [0.1, 0.15) is 17.7 Å². The highest BCUT2D eigenvalue weighted by atomic mass is 19.4. The molecule has 3 aromatic carbocycles. The van der Waals surface area contributed by atoms with Gasteiger partial charge in [-0.05, 0) is 66.2 Å². The number of carbonyl (C=O) groups excluding carboxylic acids is 1. The summed E-state index contributed by atoms with van der Waals surface area (Å²) in [4.78, 5) is 23.1. The molecule has 34 heavy (non-hydrogen) atoms. The molecule has 3 rings (SSSR count). The van der Waals surface area contributed by atoms with E-state index in [4.69, 9.17) is 9.84 Å². The Morgan fingerprint density at radius 1 is 0.912 bits per heavy atom. The number of amides is 2. The minimum absolute atomic E-state index is 0.0901. The number of alkyl halides is 3. The number of anilines is 1. The molecule has 1 atom stereocenters. The quantitative estimate of drug-likeness (QED) is 0.355. The molecule has 3 N–H and O–H groups in total. The lowest BCUT2D eigenvalue weighted by molar-refractivity contribution is -0.137. The van der Waals surface area contributed by atoms with Crippen LogP contribution in [0.1, 0.15) is 34.0 Å². The molecule has 0 aliphatic heterocycles. The highest BCUT2D eigenvalue weighted by Gasteiger charge is 2.30. The van der Waals surface area contributed by atoms with E-state index in [0.717, 1.165) is 24.3 Å². The number of hydrogen-bond acceptors (Lipinski definition) is 3. The van der Waals surface area contributed by atoms with Crippen molar-refractivity contribution < 1.29 is 37.0 Å². The van der Waals surface area contributed by atoms with E-state index >= 15 is 0 Å². The van der Waals surface area contributed by atoms with Crippen LogP contribution in [0.5, 0.6) is 5.75 Å². The molecule has 1 unspecified atom stereocenters. The Hall–Kier alpha value is -4.08. The zero-order valence-corrected chi connectivity index (χ0v) is 17.6. The van der Waals surface area contributed by atoms with Crippen molar-refractivity contribution in [1.82, 2.24) is 5.32 Å². The Morgan fingerprint density at radius 2 is 1.53 bits per heavy atom. The summed E-state index contributed by atoms with van der Waals surface area (Å²) in [5.41, 5.74) is 0.0884. The second-order valence-corrected chi connectivity index (χ2v) is 7.23. The molecule has 0 radical (unpaired) electrons. The molecule has 0 heterocycles. The first-order chi connectivity index (χ1) is 16.1. The molecular weight excluding hydrogens is 456 g/mol. The lowest BCUT2D eigenvalue weighted by atomic mass is 10.1. The fourth-order valence-corrected chi connectivity index (χ4v) is 3.05. The Balaban J connectivity index is 1.60. The van der Waals surface area contributed by atoms with Crippen molar-refractivity contribution in [3.05, 3.63) is 95.3 Å². The maximum Gasteiger partial charge on any atom is 0.416 e. The van der Waals surface area contributed by atoms with Crippen LogP contribution < -0.4 is 15.4 Å². The summed E-state index contributed by atoms with van der Waals surface area (Å²) in [6.07, 6.45) is -4.79. The zero-order valence-electron chi connectivity index (χ0n) is 17.6. The van der Waals surface area contributed by atoms with Crippen LogP contribution in [-0.2, 0) is 6.18 Å². The van der Waals surface area contributed by atoms with Crippen LogP contribution in [-0.4, -0.2) is 23.7 Å². The maximum atomic E-state index is 13.3. The fraction of sp³-hybridized carbons (Fsp3) is 0.167. The third-order valence-corrected chi connectivity index (χ3v) is 4.78. The first kappa shape index (κ1) is 24.6. The number of carboxylic acid groups (broad SMARTS) is 1. The molecule has 0 aliphatic rings. The predicted octanol–water partition coefficient (Wildman–Crippen LogP) is 5.87. The largest absolute Gasteiger partial charge is 0.486 e. The van der Waals surface area contributed by atoms with E-state index in [1.807, 2.05) is 0 Å². The Labute approximate surface area is 192 Å². The minimum atomic E-state index is -4.47. The average molecular weight is 476 g/mol. The molecule has 178 valence electrons. The van der Waals surface area contributed by atoms with Crippen molar-refractivity contribution in [3.8, 4) is 5.75 Å². The van der Waals surface area contributed by atoms with Gasteiger partial charge in [-0.3, -0.25) is 0 Å². The molecule has 0 aromatic heterocycles. The third kappa shape index (κ3) is 6.96. The number of hydrogen-bond donors (Lipinski definition) is 3. The summed E-state index contributed by atoms with van der Waals surface area (Å²) in [7, 11) is 0. The third-order valence-electron chi connectivity index (χ3n) is 4.78. The van der Waals surface area contributed by atoms with Crippen molar-refractivity contribution in [2.75, 3.05) is 11.9 Å². The maximum absolute atomic E-state index is 13.3. The smallest absolute Gasteiger partial charge is 0.416 e. The highest BCUT2D eigenvalue weighted by molar-refractivity contribution is 5.89. The second kappa shape index (κ2) is 10.7. The van der Waals surface area contributed by atoms with E-state index in [0.29, 0.717) is 11.3 Å². The summed E-state index contributed by atoms with van der Waals surface area (Å²) in [5.74, 6) is -1.12. The van der Waals surface area contributed by atoms with Gasteiger partial charge >= 0.3 is 18.2 Å². The zero-order chi connectivity index (χ0) is 24.7. The number of halogens is 4. The van der Waals surface area contributed by atoms with Crippen LogP contribution in [0.15, 0.2) is 72.8 Å². The summed E-state index contributed by atoms with van der Waals surface area (Å²) < 4.78 is 57.2. The van der Waals surface area contributed by atoms with E-state index in [1.165, 1.54) is 48.5 Å². The average Bonchev–Trinajstić information content (AvgIpc) is 2.79. The van der Waals surface area contributed by atoms with E-state index in [9.17, 15) is 27.2 Å². The molecule has 0 aliphatic carbocycles. The fourth-order valence-electron chi connectivity index (χ4n) is 3.05. The van der Waals surface area contributed by atoms with Crippen LogP contribution in [0, 0.1) is 5.82 Å². The number of nitrogens with one attached hydrogen (secondary N) is 2. The lowest BCUT2D eigenvalue weighted by Crippen LogP contribution is -2.30. The topological polar surface area (TPSA) is 87.7 Å². The van der Waals surface area contributed by atoms with Crippen LogP contribution in [0.2, 0.25) is 0 Å². The number of carbonyl (C=O) groups is 2. The van der Waals surface area contributed by atoms with Crippen molar-refractivity contribution in [3.63, 3.8) is 0 Å². The van der Waals surface area contributed by atoms with Crippen LogP contribution in [0.3, 0.4) is 0 Å². The number of benzene rings is 3. The van der Waals surface area contributed by atoms with E-state index in [1.54, 1.807) is 0 Å². The molecule has 10 heteroatoms. The first-order valence-electron chi connectivity index (χ1n) is 10.1. The summed E-state index contributed by atoms with van der Waals surface area (Å²) >= 11 is 0. The van der Waals surface area contributed by atoms with Crippen LogP contribution in [0.4, 0.5) is 28.0 Å². The van der Waals surface area contributed by atoms with Crippen LogP contribution in [0.25, 0.3) is 0 Å². The summed E-state index contributed by atoms with van der Waals surface area (Å²) in [6.45, 7) is 0.127. The van der Waals surface area contributed by atoms with Gasteiger partial charge in [-0.25, -0.2) is 14.0 Å². The summed E-state index contributed by atoms with van der Waals surface area (Å²) in [6, 6.07) is 14.8. The van der Waals surface area contributed by atoms with Gasteiger partial charge in [0.2, 0.25) is 0 Å². The summed E-state index contributed by atoms with van der Waals surface area (Å²) in [5, 5.41) is 14.1. The van der Waals surface area contributed by atoms with Crippen molar-refractivity contribution >= 4 is 17.7 Å². The van der Waals surface area contributed by atoms with E-state index in [-0.39, 0.29) is 24.2 Å². The monoisotopic (exact) mass is 476 g/mol. The van der Waals surface area contributed by atoms with Crippen LogP contribution >= 0.6 is 0 Å². The second-order valence-electron chi connectivity index (χ2n) is 7.23. The number of carboxylic acids is 1. The van der Waals surface area contributed by atoms with E-state index < -0.39 is 35.7 Å². The van der Waals surface area contributed by atoms with E-state index in [2.05, 4.69) is 10.6 Å². The van der Waals surface area contributed by atoms with Crippen molar-refractivity contribution in [2.45, 2.75) is 18.7 Å². The van der Waals surface area contributed by atoms with Gasteiger partial charge in [0.15, 0.2) is 0 Å². The van der Waals surface area contributed by atoms with Gasteiger partial charge in [0.25, 0.3) is 0 Å². The van der Waals surface area contributed by atoms with Crippen molar-refractivity contribution in [1.29, 1.82) is 0 Å². The SMILES string of the molecule is O=C(NCCC(Oc1ccc(C(=O)O)cc1)c1ccc(F)cc1)Nc1ccc(C(F)(F)F)cc1. The molecule has 0 fully saturated rings. The Kier molecular flexibility index (Phi) is 7.72. The van der Waals surface area contributed by atoms with Gasteiger partial charge in [-0.1, -0.05) is 12.1 Å². The lowest BCUT2D eigenvalue weighted by Gasteiger charge is -2.20. The normalized spacial score (nSPS) is 12.0. The van der Waals surface area contributed by atoms with Gasteiger partial charge in [-0.2, -0.15) is 13.2 Å². The number of aromatic carboxylic acids is 1. The molecule has 0 saturated heterocycles. The van der Waals surface area contributed by atoms with Crippen molar-refractivity contribution in [2.24, 2.45) is 0 Å². The first-order valence-corrected chi connectivity index (χ1v) is 10.1. The molecule has 0 spiro atoms.